The zero-order valence-corrected chi connectivity index (χ0v) is 8.65. The molecular formula is C10H13NOS. The molecule has 0 aliphatic heterocycles. The number of hydrogen-bond donors (Lipinski definition) is 1. The molecule has 0 aliphatic carbocycles. The predicted octanol–water partition coefficient (Wildman–Crippen LogP) is 2.03. The molecule has 0 saturated carbocycles. The number of thiocarbonyl (C=S) groups is 1. The van der Waals surface area contributed by atoms with Crippen molar-refractivity contribution in [1.29, 1.82) is 0 Å². The minimum absolute atomic E-state index is 0.431. The average Bonchev–Trinajstić information content (AvgIpc) is 2.04. The molecule has 70 valence electrons. The molecule has 13 heavy (non-hydrogen) atoms. The normalized spacial score (nSPS) is 9.69. The zero-order valence-electron chi connectivity index (χ0n) is 7.83. The number of rotatable bonds is 3. The van der Waals surface area contributed by atoms with Gasteiger partial charge in [-0.25, -0.2) is 0 Å². The van der Waals surface area contributed by atoms with E-state index < -0.39 is 0 Å². The number of nitrogens with two attached hydrogens (primary N) is 1. The van der Waals surface area contributed by atoms with Crippen molar-refractivity contribution in [3.63, 3.8) is 0 Å². The fraction of sp³-hybridized carbons (Fsp3) is 0.300. The summed E-state index contributed by atoms with van der Waals surface area (Å²) in [4.78, 5) is 0.431. The van der Waals surface area contributed by atoms with Gasteiger partial charge in [0.25, 0.3) is 0 Å². The first-order chi connectivity index (χ1) is 6.15. The van der Waals surface area contributed by atoms with Crippen molar-refractivity contribution in [3.05, 3.63) is 29.3 Å². The van der Waals surface area contributed by atoms with Crippen LogP contribution in [0.4, 0.5) is 0 Å². The molecule has 2 N–H and O–H groups in total. The zero-order chi connectivity index (χ0) is 9.84. The second kappa shape index (κ2) is 4.23. The molecule has 0 bridgehead atoms. The molecule has 2 nitrogen and oxygen atoms in total. The van der Waals surface area contributed by atoms with Gasteiger partial charge in [-0.15, -0.1) is 0 Å². The Bertz CT molecular complexity index is 323. The van der Waals surface area contributed by atoms with Gasteiger partial charge in [0.05, 0.1) is 6.61 Å². The summed E-state index contributed by atoms with van der Waals surface area (Å²) in [6.07, 6.45) is 0. The minimum Gasteiger partial charge on any atom is -0.494 e. The maximum absolute atomic E-state index is 5.53. The van der Waals surface area contributed by atoms with E-state index in [9.17, 15) is 0 Å². The molecule has 0 heterocycles. The van der Waals surface area contributed by atoms with Gasteiger partial charge in [0.1, 0.15) is 10.7 Å². The van der Waals surface area contributed by atoms with Crippen LogP contribution in [0.25, 0.3) is 0 Å². The van der Waals surface area contributed by atoms with Crippen LogP contribution in [-0.4, -0.2) is 11.6 Å². The van der Waals surface area contributed by atoms with Gasteiger partial charge < -0.3 is 10.5 Å². The monoisotopic (exact) mass is 195 g/mol. The standard InChI is InChI=1S/C10H13NOS/c1-3-12-8-4-5-9(10(11)13)7(2)6-8/h4-6H,3H2,1-2H3,(H2,11,13). The van der Waals surface area contributed by atoms with E-state index in [0.717, 1.165) is 16.9 Å². The molecule has 0 fully saturated rings. The summed E-state index contributed by atoms with van der Waals surface area (Å²) in [5, 5.41) is 0. The van der Waals surface area contributed by atoms with Gasteiger partial charge in [-0.3, -0.25) is 0 Å². The van der Waals surface area contributed by atoms with E-state index in [1.807, 2.05) is 32.0 Å². The Kier molecular flexibility index (Phi) is 3.25. The fourth-order valence-electron chi connectivity index (χ4n) is 1.17. The number of aryl methyl sites for hydroxylation is 1. The lowest BCUT2D eigenvalue weighted by Crippen LogP contribution is -2.11. The van der Waals surface area contributed by atoms with Gasteiger partial charge in [-0.05, 0) is 37.6 Å². The molecule has 1 aromatic rings. The highest BCUT2D eigenvalue weighted by molar-refractivity contribution is 7.80. The molecular weight excluding hydrogens is 182 g/mol. The third-order valence-electron chi connectivity index (χ3n) is 1.77. The lowest BCUT2D eigenvalue weighted by Gasteiger charge is -2.07. The summed E-state index contributed by atoms with van der Waals surface area (Å²) in [6, 6.07) is 5.71. The van der Waals surface area contributed by atoms with E-state index in [0.29, 0.717) is 11.6 Å². The van der Waals surface area contributed by atoms with Crippen molar-refractivity contribution >= 4 is 17.2 Å². The van der Waals surface area contributed by atoms with Crippen LogP contribution < -0.4 is 10.5 Å². The van der Waals surface area contributed by atoms with Crippen LogP contribution >= 0.6 is 12.2 Å². The molecule has 1 aromatic carbocycles. The van der Waals surface area contributed by atoms with Crippen molar-refractivity contribution in [3.8, 4) is 5.75 Å². The lowest BCUT2D eigenvalue weighted by atomic mass is 10.1. The Morgan fingerprint density at radius 3 is 2.69 bits per heavy atom. The van der Waals surface area contributed by atoms with Gasteiger partial charge in [-0.2, -0.15) is 0 Å². The van der Waals surface area contributed by atoms with Crippen LogP contribution in [0.2, 0.25) is 0 Å². The summed E-state index contributed by atoms with van der Waals surface area (Å²) in [5.74, 6) is 0.861. The molecule has 1 rings (SSSR count). The highest BCUT2D eigenvalue weighted by Gasteiger charge is 2.02. The fourth-order valence-corrected chi connectivity index (χ4v) is 1.40. The third-order valence-corrected chi connectivity index (χ3v) is 1.99. The van der Waals surface area contributed by atoms with Crippen molar-refractivity contribution in [2.24, 2.45) is 5.73 Å². The maximum Gasteiger partial charge on any atom is 0.119 e. The molecule has 0 amide bonds. The van der Waals surface area contributed by atoms with Gasteiger partial charge in [-0.1, -0.05) is 12.2 Å². The van der Waals surface area contributed by atoms with Crippen LogP contribution in [0, 0.1) is 6.92 Å². The van der Waals surface area contributed by atoms with E-state index in [1.54, 1.807) is 0 Å². The summed E-state index contributed by atoms with van der Waals surface area (Å²) in [6.45, 7) is 4.60. The Balaban J connectivity index is 2.98. The van der Waals surface area contributed by atoms with Gasteiger partial charge >= 0.3 is 0 Å². The van der Waals surface area contributed by atoms with E-state index >= 15 is 0 Å². The molecule has 0 radical (unpaired) electrons. The second-order valence-corrected chi connectivity index (χ2v) is 3.21. The summed E-state index contributed by atoms with van der Waals surface area (Å²) in [7, 11) is 0. The van der Waals surface area contributed by atoms with Crippen LogP contribution in [0.15, 0.2) is 18.2 Å². The van der Waals surface area contributed by atoms with Crippen molar-refractivity contribution in [1.82, 2.24) is 0 Å². The van der Waals surface area contributed by atoms with Crippen LogP contribution in [0.5, 0.6) is 5.75 Å². The summed E-state index contributed by atoms with van der Waals surface area (Å²) >= 11 is 4.89. The van der Waals surface area contributed by atoms with Crippen molar-refractivity contribution in [2.75, 3.05) is 6.61 Å². The molecule has 0 saturated heterocycles. The highest BCUT2D eigenvalue weighted by Crippen LogP contribution is 2.16. The third kappa shape index (κ3) is 2.42. The quantitative estimate of drug-likeness (QED) is 0.749. The first-order valence-electron chi connectivity index (χ1n) is 4.18. The van der Waals surface area contributed by atoms with Gasteiger partial charge in [0, 0.05) is 5.56 Å². The predicted molar refractivity (Wildman–Crippen MR) is 58.2 cm³/mol. The van der Waals surface area contributed by atoms with Crippen LogP contribution in [-0.2, 0) is 0 Å². The first-order valence-corrected chi connectivity index (χ1v) is 4.59. The smallest absolute Gasteiger partial charge is 0.119 e. The van der Waals surface area contributed by atoms with Crippen molar-refractivity contribution in [2.45, 2.75) is 13.8 Å². The van der Waals surface area contributed by atoms with E-state index in [4.69, 9.17) is 22.7 Å². The molecule has 0 aromatic heterocycles. The summed E-state index contributed by atoms with van der Waals surface area (Å²) < 4.78 is 5.34. The molecule has 3 heteroatoms. The van der Waals surface area contributed by atoms with Crippen LogP contribution in [0.1, 0.15) is 18.1 Å². The topological polar surface area (TPSA) is 35.2 Å². The first kappa shape index (κ1) is 9.99. The second-order valence-electron chi connectivity index (χ2n) is 2.77. The average molecular weight is 195 g/mol. The molecule has 0 unspecified atom stereocenters. The SMILES string of the molecule is CCOc1ccc(C(N)=S)c(C)c1. The van der Waals surface area contributed by atoms with E-state index in [-0.39, 0.29) is 0 Å². The number of hydrogen-bond acceptors (Lipinski definition) is 2. The Hall–Kier alpha value is -1.09. The number of benzene rings is 1. The maximum atomic E-state index is 5.53. The van der Waals surface area contributed by atoms with Crippen LogP contribution in [0.3, 0.4) is 0 Å². The highest BCUT2D eigenvalue weighted by atomic mass is 32.1. The lowest BCUT2D eigenvalue weighted by molar-refractivity contribution is 0.340. The minimum atomic E-state index is 0.431. The van der Waals surface area contributed by atoms with Crippen molar-refractivity contribution < 1.29 is 4.74 Å². The summed E-state index contributed by atoms with van der Waals surface area (Å²) in [5.41, 5.74) is 7.50. The van der Waals surface area contributed by atoms with E-state index in [2.05, 4.69) is 0 Å². The van der Waals surface area contributed by atoms with E-state index in [1.165, 1.54) is 0 Å². The Morgan fingerprint density at radius 2 is 2.23 bits per heavy atom. The Labute approximate surface area is 83.7 Å². The number of ether oxygens (including phenoxy) is 1. The largest absolute Gasteiger partial charge is 0.494 e. The molecule has 0 aliphatic rings. The molecule has 0 atom stereocenters. The van der Waals surface area contributed by atoms with Gasteiger partial charge in [0.15, 0.2) is 0 Å². The molecule has 0 spiro atoms. The Morgan fingerprint density at radius 1 is 1.54 bits per heavy atom. The van der Waals surface area contributed by atoms with Gasteiger partial charge in [0.2, 0.25) is 0 Å².